The summed E-state index contributed by atoms with van der Waals surface area (Å²) in [4.78, 5) is 21.3. The van der Waals surface area contributed by atoms with Crippen LogP contribution in [0.4, 0.5) is 0 Å². The number of carbonyl (C=O) groups excluding carboxylic acids is 1. The van der Waals surface area contributed by atoms with Gasteiger partial charge in [-0.25, -0.2) is 9.97 Å². The number of hydrogen-bond acceptors (Lipinski definition) is 5. The molecule has 0 saturated carbocycles. The van der Waals surface area contributed by atoms with Crippen LogP contribution in [0.15, 0.2) is 59.8 Å². The number of aromatic nitrogens is 2. The van der Waals surface area contributed by atoms with Gasteiger partial charge < -0.3 is 4.74 Å². The van der Waals surface area contributed by atoms with Crippen LogP contribution in [0.25, 0.3) is 11.3 Å². The normalized spacial score (nSPS) is 10.5. The number of thioether (sulfide) groups is 1. The number of rotatable bonds is 4. The van der Waals surface area contributed by atoms with Gasteiger partial charge in [0.05, 0.1) is 12.8 Å². The van der Waals surface area contributed by atoms with E-state index in [9.17, 15) is 4.79 Å². The van der Waals surface area contributed by atoms with E-state index < -0.39 is 0 Å². The van der Waals surface area contributed by atoms with E-state index in [-0.39, 0.29) is 5.12 Å². The van der Waals surface area contributed by atoms with Crippen molar-refractivity contribution in [2.75, 3.05) is 7.11 Å². The number of ether oxygens (including phenoxy) is 1. The van der Waals surface area contributed by atoms with E-state index in [0.29, 0.717) is 15.7 Å². The van der Waals surface area contributed by atoms with Crippen molar-refractivity contribution in [3.8, 4) is 17.0 Å². The van der Waals surface area contributed by atoms with Crippen molar-refractivity contribution < 1.29 is 9.53 Å². The van der Waals surface area contributed by atoms with Crippen LogP contribution in [0.2, 0.25) is 5.02 Å². The van der Waals surface area contributed by atoms with Crippen LogP contribution in [0, 0.1) is 6.92 Å². The van der Waals surface area contributed by atoms with Crippen LogP contribution in [0.5, 0.6) is 5.75 Å². The van der Waals surface area contributed by atoms with E-state index in [1.807, 2.05) is 37.3 Å². The Labute approximate surface area is 155 Å². The molecule has 0 N–H and O–H groups in total. The quantitative estimate of drug-likeness (QED) is 0.475. The van der Waals surface area contributed by atoms with E-state index in [2.05, 4.69) is 9.97 Å². The van der Waals surface area contributed by atoms with Crippen molar-refractivity contribution in [1.29, 1.82) is 0 Å². The Balaban J connectivity index is 1.85. The maximum atomic E-state index is 12.4. The van der Waals surface area contributed by atoms with Gasteiger partial charge in [0, 0.05) is 21.8 Å². The van der Waals surface area contributed by atoms with Crippen LogP contribution in [0.1, 0.15) is 16.1 Å². The van der Waals surface area contributed by atoms with E-state index in [1.54, 1.807) is 31.4 Å². The molecule has 0 spiro atoms. The Hall–Kier alpha value is -2.37. The van der Waals surface area contributed by atoms with Gasteiger partial charge >= 0.3 is 0 Å². The molecule has 3 rings (SSSR count). The number of halogens is 1. The first-order valence-electron chi connectivity index (χ1n) is 7.53. The standard InChI is InChI=1S/C19H15ClN2O2S/c1-12-11-17(13-5-9-16(24-2)10-6-13)22-19(21-12)25-18(23)14-3-7-15(20)8-4-14/h3-11H,1-2H3. The summed E-state index contributed by atoms with van der Waals surface area (Å²) in [5.41, 5.74) is 3.06. The van der Waals surface area contributed by atoms with Crippen molar-refractivity contribution in [3.63, 3.8) is 0 Å². The fraction of sp³-hybridized carbons (Fsp3) is 0.105. The highest BCUT2D eigenvalue weighted by atomic mass is 35.5. The van der Waals surface area contributed by atoms with Crippen LogP contribution < -0.4 is 4.74 Å². The third-order valence-electron chi connectivity index (χ3n) is 3.48. The molecular formula is C19H15ClN2O2S. The molecule has 0 atom stereocenters. The lowest BCUT2D eigenvalue weighted by atomic mass is 10.1. The van der Waals surface area contributed by atoms with Crippen molar-refractivity contribution >= 4 is 28.5 Å². The van der Waals surface area contributed by atoms with Crippen molar-refractivity contribution in [3.05, 3.63) is 70.9 Å². The van der Waals surface area contributed by atoms with Gasteiger partial charge in [0.2, 0.25) is 5.12 Å². The second kappa shape index (κ2) is 7.68. The smallest absolute Gasteiger partial charge is 0.227 e. The zero-order chi connectivity index (χ0) is 17.8. The molecule has 0 radical (unpaired) electrons. The SMILES string of the molecule is COc1ccc(-c2cc(C)nc(SC(=O)c3ccc(Cl)cc3)n2)cc1. The largest absolute Gasteiger partial charge is 0.497 e. The predicted molar refractivity (Wildman–Crippen MR) is 100 cm³/mol. The molecular weight excluding hydrogens is 356 g/mol. The molecule has 0 fully saturated rings. The van der Waals surface area contributed by atoms with Gasteiger partial charge in [-0.05, 0) is 73.3 Å². The fourth-order valence-corrected chi connectivity index (χ4v) is 3.10. The molecule has 0 unspecified atom stereocenters. The van der Waals surface area contributed by atoms with E-state index in [4.69, 9.17) is 16.3 Å². The van der Waals surface area contributed by atoms with Crippen molar-refractivity contribution in [2.45, 2.75) is 12.1 Å². The zero-order valence-corrected chi connectivity index (χ0v) is 15.3. The third-order valence-corrected chi connectivity index (χ3v) is 4.52. The van der Waals surface area contributed by atoms with Crippen molar-refractivity contribution in [1.82, 2.24) is 9.97 Å². The molecule has 1 heterocycles. The van der Waals surface area contributed by atoms with Gasteiger partial charge in [-0.15, -0.1) is 0 Å². The average Bonchev–Trinajstić information content (AvgIpc) is 2.62. The fourth-order valence-electron chi connectivity index (χ4n) is 2.22. The van der Waals surface area contributed by atoms with Gasteiger partial charge in [0.1, 0.15) is 5.75 Å². The van der Waals surface area contributed by atoms with Crippen LogP contribution in [0.3, 0.4) is 0 Å². The zero-order valence-electron chi connectivity index (χ0n) is 13.7. The summed E-state index contributed by atoms with van der Waals surface area (Å²) in [5, 5.41) is 0.892. The van der Waals surface area contributed by atoms with E-state index in [1.165, 1.54) is 0 Å². The summed E-state index contributed by atoms with van der Waals surface area (Å²) in [5.74, 6) is 0.780. The molecule has 2 aromatic carbocycles. The highest BCUT2D eigenvalue weighted by Gasteiger charge is 2.12. The minimum atomic E-state index is -0.122. The Morgan fingerprint density at radius 2 is 1.72 bits per heavy atom. The number of nitrogens with zero attached hydrogens (tertiary/aromatic N) is 2. The molecule has 25 heavy (non-hydrogen) atoms. The summed E-state index contributed by atoms with van der Waals surface area (Å²) in [6.07, 6.45) is 0. The van der Waals surface area contributed by atoms with Gasteiger partial charge in [-0.2, -0.15) is 0 Å². The van der Waals surface area contributed by atoms with Gasteiger partial charge in [-0.1, -0.05) is 11.6 Å². The van der Waals surface area contributed by atoms with Crippen molar-refractivity contribution in [2.24, 2.45) is 0 Å². The first kappa shape index (κ1) is 17.5. The number of benzene rings is 2. The highest BCUT2D eigenvalue weighted by Crippen LogP contribution is 2.26. The number of methoxy groups -OCH3 is 1. The minimum Gasteiger partial charge on any atom is -0.497 e. The molecule has 0 bridgehead atoms. The van der Waals surface area contributed by atoms with Gasteiger partial charge in [0.25, 0.3) is 0 Å². The summed E-state index contributed by atoms with van der Waals surface area (Å²) in [6, 6.07) is 16.3. The van der Waals surface area contributed by atoms with E-state index in [0.717, 1.165) is 34.5 Å². The molecule has 0 aliphatic rings. The predicted octanol–water partition coefficient (Wildman–Crippen LogP) is 5.05. The summed E-state index contributed by atoms with van der Waals surface area (Å²) < 4.78 is 5.17. The summed E-state index contributed by atoms with van der Waals surface area (Å²) in [7, 11) is 1.63. The Morgan fingerprint density at radius 1 is 1.04 bits per heavy atom. The van der Waals surface area contributed by atoms with E-state index >= 15 is 0 Å². The van der Waals surface area contributed by atoms with Gasteiger partial charge in [-0.3, -0.25) is 4.79 Å². The third kappa shape index (κ3) is 4.38. The monoisotopic (exact) mass is 370 g/mol. The lowest BCUT2D eigenvalue weighted by Gasteiger charge is -2.07. The summed E-state index contributed by atoms with van der Waals surface area (Å²) in [6.45, 7) is 1.88. The number of aryl methyl sites for hydroxylation is 1. The molecule has 0 aliphatic carbocycles. The first-order valence-corrected chi connectivity index (χ1v) is 8.72. The Kier molecular flexibility index (Phi) is 5.36. The average molecular weight is 371 g/mol. The molecule has 0 saturated heterocycles. The molecule has 4 nitrogen and oxygen atoms in total. The molecule has 0 aliphatic heterocycles. The molecule has 126 valence electrons. The second-order valence-corrected chi connectivity index (χ2v) is 6.68. The Bertz CT molecular complexity index is 896. The van der Waals surface area contributed by atoms with Crippen LogP contribution in [-0.4, -0.2) is 22.2 Å². The minimum absolute atomic E-state index is 0.122. The lowest BCUT2D eigenvalue weighted by Crippen LogP contribution is -1.98. The summed E-state index contributed by atoms with van der Waals surface area (Å²) >= 11 is 6.86. The highest BCUT2D eigenvalue weighted by molar-refractivity contribution is 8.14. The molecule has 1 aromatic heterocycles. The topological polar surface area (TPSA) is 52.1 Å². The molecule has 3 aromatic rings. The maximum Gasteiger partial charge on any atom is 0.227 e. The molecule has 0 amide bonds. The number of carbonyl (C=O) groups is 1. The number of hydrogen-bond donors (Lipinski definition) is 0. The van der Waals surface area contributed by atoms with Gasteiger partial charge in [0.15, 0.2) is 5.16 Å². The Morgan fingerprint density at radius 3 is 2.36 bits per heavy atom. The van der Waals surface area contributed by atoms with Crippen LogP contribution in [-0.2, 0) is 0 Å². The molecule has 6 heteroatoms. The van der Waals surface area contributed by atoms with Crippen LogP contribution >= 0.6 is 23.4 Å². The lowest BCUT2D eigenvalue weighted by molar-refractivity contribution is 0.108. The second-order valence-electron chi connectivity index (χ2n) is 5.30. The first-order chi connectivity index (χ1) is 12.0. The maximum absolute atomic E-state index is 12.4.